The van der Waals surface area contributed by atoms with Crippen molar-refractivity contribution in [2.75, 3.05) is 26.2 Å². The van der Waals surface area contributed by atoms with Gasteiger partial charge in [0.1, 0.15) is 5.75 Å². The van der Waals surface area contributed by atoms with Gasteiger partial charge in [-0.25, -0.2) is 4.98 Å². The third kappa shape index (κ3) is 7.79. The van der Waals surface area contributed by atoms with Crippen LogP contribution in [0.15, 0.2) is 48.7 Å². The predicted octanol–water partition coefficient (Wildman–Crippen LogP) is 4.98. The lowest BCUT2D eigenvalue weighted by Gasteiger charge is -2.30. The number of aromatic nitrogens is 2. The first-order valence-corrected chi connectivity index (χ1v) is 14.1. The van der Waals surface area contributed by atoms with Gasteiger partial charge in [-0.2, -0.15) is 0 Å². The number of aryl methyl sites for hydroxylation is 1. The number of nitrogens with zero attached hydrogens (tertiary/aromatic N) is 3. The van der Waals surface area contributed by atoms with Gasteiger partial charge in [0.25, 0.3) is 0 Å². The first-order valence-electron chi connectivity index (χ1n) is 13.7. The molecule has 0 radical (unpaired) electrons. The Labute approximate surface area is 240 Å². The van der Waals surface area contributed by atoms with Crippen molar-refractivity contribution >= 4 is 29.1 Å². The van der Waals surface area contributed by atoms with Gasteiger partial charge in [-0.1, -0.05) is 35.9 Å². The van der Waals surface area contributed by atoms with Crippen molar-refractivity contribution < 1.29 is 19.1 Å². The van der Waals surface area contributed by atoms with Crippen molar-refractivity contribution in [2.45, 2.75) is 46.1 Å². The number of hydrogen-bond acceptors (Lipinski definition) is 6. The topological polar surface area (TPSA) is 93.5 Å². The zero-order valence-electron chi connectivity index (χ0n) is 23.6. The van der Waals surface area contributed by atoms with Gasteiger partial charge in [0.05, 0.1) is 23.4 Å². The summed E-state index contributed by atoms with van der Waals surface area (Å²) in [6.07, 6.45) is 3.80. The minimum atomic E-state index is -0.108. The number of carbonyl (C=O) groups is 3. The Balaban J connectivity index is 1.46. The monoisotopic (exact) mass is 564 g/mol. The van der Waals surface area contributed by atoms with E-state index in [1.165, 1.54) is 6.92 Å². The minimum Gasteiger partial charge on any atom is -0.489 e. The summed E-state index contributed by atoms with van der Waals surface area (Å²) in [7, 11) is 1.80. The molecule has 1 amide bonds. The number of ketones is 2. The largest absolute Gasteiger partial charge is 0.489 e. The molecule has 1 fully saturated rings. The van der Waals surface area contributed by atoms with Crippen LogP contribution in [0.2, 0.25) is 5.02 Å². The van der Waals surface area contributed by atoms with E-state index in [1.54, 1.807) is 29.8 Å². The lowest BCUT2D eigenvalue weighted by Crippen LogP contribution is -2.45. The molecule has 0 saturated carbocycles. The summed E-state index contributed by atoms with van der Waals surface area (Å²) in [6.45, 7) is 8.01. The molecule has 2 heterocycles. The van der Waals surface area contributed by atoms with Gasteiger partial charge in [0.2, 0.25) is 5.91 Å². The zero-order chi connectivity index (χ0) is 28.8. The molecule has 1 atom stereocenters. The summed E-state index contributed by atoms with van der Waals surface area (Å²) in [4.78, 5) is 44.1. The lowest BCUT2D eigenvalue weighted by molar-refractivity contribution is -0.123. The highest BCUT2D eigenvalue weighted by Crippen LogP contribution is 2.28. The quantitative estimate of drug-likeness (QED) is 0.294. The van der Waals surface area contributed by atoms with Crippen LogP contribution in [0.4, 0.5) is 0 Å². The highest BCUT2D eigenvalue weighted by Gasteiger charge is 2.21. The molecular formula is C31H37ClN4O4. The molecule has 0 aliphatic carbocycles. The second kappa shape index (κ2) is 13.2. The Morgan fingerprint density at radius 3 is 2.40 bits per heavy atom. The fourth-order valence-electron chi connectivity index (χ4n) is 4.75. The Morgan fingerprint density at radius 1 is 1.10 bits per heavy atom. The van der Waals surface area contributed by atoms with Crippen molar-refractivity contribution in [3.05, 3.63) is 70.6 Å². The molecule has 9 heteroatoms. The van der Waals surface area contributed by atoms with Crippen molar-refractivity contribution in [2.24, 2.45) is 13.0 Å². The summed E-state index contributed by atoms with van der Waals surface area (Å²) in [6, 6.07) is 13.1. The van der Waals surface area contributed by atoms with Gasteiger partial charge < -0.3 is 14.6 Å². The third-order valence-corrected chi connectivity index (χ3v) is 7.26. The van der Waals surface area contributed by atoms with E-state index in [2.05, 4.69) is 15.2 Å². The van der Waals surface area contributed by atoms with Gasteiger partial charge >= 0.3 is 0 Å². The van der Waals surface area contributed by atoms with Crippen LogP contribution < -0.4 is 10.1 Å². The van der Waals surface area contributed by atoms with Crippen LogP contribution >= 0.6 is 11.6 Å². The Morgan fingerprint density at radius 2 is 1.82 bits per heavy atom. The number of ether oxygens (including phenoxy) is 1. The van der Waals surface area contributed by atoms with E-state index >= 15 is 0 Å². The smallest absolute Gasteiger partial charge is 0.234 e. The van der Waals surface area contributed by atoms with Gasteiger partial charge in [-0.3, -0.25) is 19.3 Å². The van der Waals surface area contributed by atoms with Crippen LogP contribution in [0, 0.1) is 5.92 Å². The molecule has 1 aliphatic rings. The maximum absolute atomic E-state index is 13.3. The lowest BCUT2D eigenvalue weighted by atomic mass is 9.91. The second-order valence-electron chi connectivity index (χ2n) is 10.8. The van der Waals surface area contributed by atoms with E-state index in [0.29, 0.717) is 41.7 Å². The molecule has 0 spiro atoms. The highest BCUT2D eigenvalue weighted by molar-refractivity contribution is 6.32. The number of halogens is 1. The molecule has 1 N–H and O–H groups in total. The molecule has 212 valence electrons. The van der Waals surface area contributed by atoms with Crippen LogP contribution in [0.25, 0.3) is 11.3 Å². The van der Waals surface area contributed by atoms with Crippen molar-refractivity contribution in [1.29, 1.82) is 0 Å². The van der Waals surface area contributed by atoms with Crippen LogP contribution in [-0.4, -0.2) is 64.2 Å². The first-order chi connectivity index (χ1) is 19.1. The number of amides is 1. The normalized spacial score (nSPS) is 14.1. The van der Waals surface area contributed by atoms with Gasteiger partial charge in [-0.05, 0) is 69.5 Å². The summed E-state index contributed by atoms with van der Waals surface area (Å²) in [5.74, 6) is 0.701. The molecule has 3 aromatic rings. The number of likely N-dealkylation sites (tertiary alicyclic amines) is 1. The molecule has 4 rings (SSSR count). The Hall–Kier alpha value is -3.49. The average Bonchev–Trinajstić information content (AvgIpc) is 3.28. The molecule has 1 aliphatic heterocycles. The van der Waals surface area contributed by atoms with Crippen molar-refractivity contribution in [1.82, 2.24) is 19.8 Å². The van der Waals surface area contributed by atoms with E-state index in [0.717, 1.165) is 36.3 Å². The van der Waals surface area contributed by atoms with E-state index < -0.39 is 0 Å². The van der Waals surface area contributed by atoms with Crippen LogP contribution in [0.5, 0.6) is 5.75 Å². The molecule has 2 aromatic carbocycles. The highest BCUT2D eigenvalue weighted by atomic mass is 35.5. The molecular weight excluding hydrogens is 528 g/mol. The molecule has 0 bridgehead atoms. The van der Waals surface area contributed by atoms with Crippen LogP contribution in [0.1, 0.15) is 60.2 Å². The minimum absolute atomic E-state index is 0.0245. The number of imidazole rings is 1. The molecule has 1 aromatic heterocycles. The molecule has 8 nitrogen and oxygen atoms in total. The SMILES string of the molecule is CC(=O)c1nc(-c2ccc(CC(CNC(=O)CN3CCC3)CC(=O)c3ccc(OC(C)C)c(Cl)c3)cc2)cn1C. The van der Waals surface area contributed by atoms with Crippen LogP contribution in [-0.2, 0) is 18.3 Å². The fraction of sp³-hybridized carbons (Fsp3) is 0.419. The summed E-state index contributed by atoms with van der Waals surface area (Å²) < 4.78 is 7.42. The Kier molecular flexibility index (Phi) is 9.76. The van der Waals surface area contributed by atoms with E-state index in [-0.39, 0.29) is 35.9 Å². The zero-order valence-corrected chi connectivity index (χ0v) is 24.3. The number of Topliss-reactive ketones (excluding diaryl/α,β-unsaturated/α-hetero) is 2. The first kappa shape index (κ1) is 29.5. The number of rotatable bonds is 13. The number of benzene rings is 2. The molecule has 40 heavy (non-hydrogen) atoms. The van der Waals surface area contributed by atoms with Gasteiger partial charge in [-0.15, -0.1) is 0 Å². The summed E-state index contributed by atoms with van der Waals surface area (Å²) in [5.41, 5.74) is 3.19. The maximum Gasteiger partial charge on any atom is 0.234 e. The van der Waals surface area contributed by atoms with Crippen LogP contribution in [0.3, 0.4) is 0 Å². The van der Waals surface area contributed by atoms with Gasteiger partial charge in [0, 0.05) is 44.3 Å². The average molecular weight is 565 g/mol. The summed E-state index contributed by atoms with van der Waals surface area (Å²) in [5, 5.41) is 3.43. The van der Waals surface area contributed by atoms with Gasteiger partial charge in [0.15, 0.2) is 17.4 Å². The van der Waals surface area contributed by atoms with E-state index in [1.807, 2.05) is 44.3 Å². The number of hydrogen-bond donors (Lipinski definition) is 1. The van der Waals surface area contributed by atoms with Crippen molar-refractivity contribution in [3.8, 4) is 17.0 Å². The van der Waals surface area contributed by atoms with E-state index in [9.17, 15) is 14.4 Å². The molecule has 1 unspecified atom stereocenters. The standard InChI is InChI=1S/C31H37ClN4O4/c1-20(2)40-29-11-10-25(16-26(29)32)28(38)15-23(17-33-30(39)19-36-12-5-13-36)14-22-6-8-24(9-7-22)27-18-35(4)31(34-27)21(3)37/h6-11,16,18,20,23H,5,12-15,17,19H2,1-4H3,(H,33,39). The number of carbonyl (C=O) groups excluding carboxylic acids is 3. The summed E-state index contributed by atoms with van der Waals surface area (Å²) >= 11 is 6.38. The predicted molar refractivity (Wildman–Crippen MR) is 156 cm³/mol. The Bertz CT molecular complexity index is 1360. The second-order valence-corrected chi connectivity index (χ2v) is 11.2. The van der Waals surface area contributed by atoms with Crippen molar-refractivity contribution in [3.63, 3.8) is 0 Å². The molecule has 1 saturated heterocycles. The number of nitrogens with one attached hydrogen (secondary N) is 1. The fourth-order valence-corrected chi connectivity index (χ4v) is 4.98. The maximum atomic E-state index is 13.3. The third-order valence-electron chi connectivity index (χ3n) is 6.96. The van der Waals surface area contributed by atoms with E-state index in [4.69, 9.17) is 16.3 Å².